The van der Waals surface area contributed by atoms with Gasteiger partial charge < -0.3 is 24.3 Å². The molecule has 2 unspecified atom stereocenters. The molecule has 1 saturated heterocycles. The van der Waals surface area contributed by atoms with Crippen LogP contribution < -0.4 is 0 Å². The lowest BCUT2D eigenvalue weighted by atomic mass is 10.2. The zero-order valence-electron chi connectivity index (χ0n) is 13.2. The Kier molecular flexibility index (Phi) is 4.89. The summed E-state index contributed by atoms with van der Waals surface area (Å²) in [6.07, 6.45) is 6.38. The maximum absolute atomic E-state index is 11.5. The van der Waals surface area contributed by atoms with Crippen LogP contribution in [0.3, 0.4) is 0 Å². The number of carbonyl (C=O) groups is 1. The smallest absolute Gasteiger partial charge is 0.330 e. The summed E-state index contributed by atoms with van der Waals surface area (Å²) in [6.45, 7) is 1.80. The van der Waals surface area contributed by atoms with Gasteiger partial charge >= 0.3 is 5.97 Å². The summed E-state index contributed by atoms with van der Waals surface area (Å²) in [7, 11) is 0. The zero-order valence-corrected chi connectivity index (χ0v) is 13.2. The minimum atomic E-state index is -0.738. The van der Waals surface area contributed by atoms with Crippen LogP contribution in [0.5, 0.6) is 0 Å². The number of aliphatic hydroxyl groups is 2. The molecule has 2 aromatic rings. The van der Waals surface area contributed by atoms with Gasteiger partial charge in [0.05, 0.1) is 19.3 Å². The number of fused-ring (bicyclic) bond motifs is 1. The summed E-state index contributed by atoms with van der Waals surface area (Å²) < 4.78 is 12.3. The summed E-state index contributed by atoms with van der Waals surface area (Å²) in [6, 6.07) is 0. The van der Waals surface area contributed by atoms with Gasteiger partial charge in [0.25, 0.3) is 0 Å². The number of hydrogen-bond donors (Lipinski definition) is 2. The summed E-state index contributed by atoms with van der Waals surface area (Å²) in [5, 5.41) is 19.9. The second-order valence-electron chi connectivity index (χ2n) is 5.45. The number of ether oxygens (including phenoxy) is 2. The number of nitrogens with zero attached hydrogens (tertiary/aromatic N) is 3. The topological polar surface area (TPSA) is 107 Å². The number of esters is 1. The molecule has 3 rings (SSSR count). The van der Waals surface area contributed by atoms with Gasteiger partial charge in [-0.2, -0.15) is 0 Å². The van der Waals surface area contributed by atoms with Crippen LogP contribution in [0.1, 0.15) is 25.1 Å². The molecule has 0 aliphatic carbocycles. The van der Waals surface area contributed by atoms with Gasteiger partial charge in [0.15, 0.2) is 0 Å². The van der Waals surface area contributed by atoms with Gasteiger partial charge in [-0.15, -0.1) is 0 Å². The molecule has 0 radical (unpaired) electrons. The van der Waals surface area contributed by atoms with Crippen molar-refractivity contribution in [3.8, 4) is 0 Å². The van der Waals surface area contributed by atoms with Gasteiger partial charge in [0.2, 0.25) is 0 Å². The number of aliphatic hydroxyl groups excluding tert-OH is 2. The molecule has 8 nitrogen and oxygen atoms in total. The normalized spacial score (nSPS) is 24.0. The Morgan fingerprint density at radius 1 is 1.58 bits per heavy atom. The van der Waals surface area contributed by atoms with Crippen molar-refractivity contribution in [1.29, 1.82) is 0 Å². The first-order valence-corrected chi connectivity index (χ1v) is 7.73. The average Bonchev–Trinajstić information content (AvgIpc) is 3.13. The van der Waals surface area contributed by atoms with E-state index in [4.69, 9.17) is 9.47 Å². The minimum Gasteiger partial charge on any atom is -0.463 e. The Morgan fingerprint density at radius 3 is 3.12 bits per heavy atom. The molecule has 1 fully saturated rings. The van der Waals surface area contributed by atoms with E-state index in [2.05, 4.69) is 9.97 Å². The second-order valence-corrected chi connectivity index (χ2v) is 5.45. The molecule has 0 spiro atoms. The highest BCUT2D eigenvalue weighted by Crippen LogP contribution is 2.32. The third-order valence-electron chi connectivity index (χ3n) is 3.90. The maximum Gasteiger partial charge on any atom is 0.330 e. The molecule has 3 atom stereocenters. The Bertz CT molecular complexity index is 757. The monoisotopic (exact) mass is 333 g/mol. The molecule has 0 aromatic carbocycles. The van der Waals surface area contributed by atoms with Gasteiger partial charge in [-0.05, 0) is 13.0 Å². The van der Waals surface area contributed by atoms with Gasteiger partial charge in [-0.25, -0.2) is 14.8 Å². The predicted molar refractivity (Wildman–Crippen MR) is 84.8 cm³/mol. The van der Waals surface area contributed by atoms with Gasteiger partial charge in [-0.3, -0.25) is 0 Å². The lowest BCUT2D eigenvalue weighted by molar-refractivity contribution is -0.137. The number of aromatic nitrogens is 3. The van der Waals surface area contributed by atoms with Crippen LogP contribution in [-0.4, -0.2) is 56.1 Å². The maximum atomic E-state index is 11.5. The molecule has 24 heavy (non-hydrogen) atoms. The molecule has 1 aliphatic heterocycles. The first kappa shape index (κ1) is 16.6. The minimum absolute atomic E-state index is 0.249. The van der Waals surface area contributed by atoms with E-state index in [1.165, 1.54) is 12.4 Å². The lowest BCUT2D eigenvalue weighted by Gasteiger charge is -2.14. The highest BCUT2D eigenvalue weighted by atomic mass is 16.5. The van der Waals surface area contributed by atoms with Crippen LogP contribution in [0.15, 0.2) is 24.8 Å². The molecule has 2 N–H and O–H groups in total. The van der Waals surface area contributed by atoms with Gasteiger partial charge in [-0.1, -0.05) is 0 Å². The Hall–Kier alpha value is -2.29. The first-order valence-electron chi connectivity index (χ1n) is 7.73. The van der Waals surface area contributed by atoms with E-state index in [-0.39, 0.29) is 6.61 Å². The van der Waals surface area contributed by atoms with E-state index in [0.29, 0.717) is 18.7 Å². The highest BCUT2D eigenvalue weighted by Gasteiger charge is 2.35. The molecule has 0 bridgehead atoms. The molecule has 0 saturated carbocycles. The van der Waals surface area contributed by atoms with E-state index in [0.717, 1.165) is 10.9 Å². The SMILES string of the molecule is CCOC(=O)/C=C/c1cn([C@H]2CC(O)C(CO)O2)c2ncncc12. The summed E-state index contributed by atoms with van der Waals surface area (Å²) in [5.41, 5.74) is 1.37. The fourth-order valence-corrected chi connectivity index (χ4v) is 2.76. The number of carbonyl (C=O) groups excluding carboxylic acids is 1. The third kappa shape index (κ3) is 3.16. The molecule has 2 aromatic heterocycles. The van der Waals surface area contributed by atoms with Crippen molar-refractivity contribution in [2.24, 2.45) is 0 Å². The molecular formula is C16H19N3O5. The van der Waals surface area contributed by atoms with Crippen molar-refractivity contribution in [1.82, 2.24) is 14.5 Å². The van der Waals surface area contributed by atoms with E-state index in [9.17, 15) is 15.0 Å². The van der Waals surface area contributed by atoms with Crippen molar-refractivity contribution >= 4 is 23.1 Å². The molecular weight excluding hydrogens is 314 g/mol. The summed E-state index contributed by atoms with van der Waals surface area (Å²) in [5.74, 6) is -0.428. The van der Waals surface area contributed by atoms with E-state index in [1.54, 1.807) is 30.0 Å². The quantitative estimate of drug-likeness (QED) is 0.611. The van der Waals surface area contributed by atoms with E-state index >= 15 is 0 Å². The van der Waals surface area contributed by atoms with Crippen molar-refractivity contribution in [3.63, 3.8) is 0 Å². The van der Waals surface area contributed by atoms with Crippen molar-refractivity contribution in [2.75, 3.05) is 13.2 Å². The Morgan fingerprint density at radius 2 is 2.42 bits per heavy atom. The van der Waals surface area contributed by atoms with Crippen molar-refractivity contribution < 1.29 is 24.5 Å². The molecule has 8 heteroatoms. The summed E-state index contributed by atoms with van der Waals surface area (Å²) >= 11 is 0. The van der Waals surface area contributed by atoms with Crippen LogP contribution in [-0.2, 0) is 14.3 Å². The van der Waals surface area contributed by atoms with Crippen LogP contribution in [0.2, 0.25) is 0 Å². The molecule has 0 amide bonds. The Balaban J connectivity index is 1.94. The molecule has 3 heterocycles. The van der Waals surface area contributed by atoms with Crippen LogP contribution in [0.25, 0.3) is 17.1 Å². The average molecular weight is 333 g/mol. The van der Waals surface area contributed by atoms with E-state index < -0.39 is 24.4 Å². The van der Waals surface area contributed by atoms with E-state index in [1.807, 2.05) is 0 Å². The second kappa shape index (κ2) is 7.08. The van der Waals surface area contributed by atoms with Crippen LogP contribution in [0, 0.1) is 0 Å². The first-order chi connectivity index (χ1) is 11.6. The highest BCUT2D eigenvalue weighted by molar-refractivity contribution is 5.92. The standard InChI is InChI=1S/C16H19N3O5/c1-2-23-15(22)4-3-10-7-19(16-11(10)6-17-9-18-16)14-5-12(21)13(8-20)24-14/h3-4,6-7,9,12-14,20-21H,2,5,8H2,1H3/b4-3+/t12?,13?,14-/m1/s1. The zero-order chi connectivity index (χ0) is 17.1. The Labute approximate surface area is 138 Å². The van der Waals surface area contributed by atoms with Crippen molar-refractivity contribution in [3.05, 3.63) is 30.4 Å². The number of hydrogen-bond acceptors (Lipinski definition) is 7. The fourth-order valence-electron chi connectivity index (χ4n) is 2.76. The van der Waals surface area contributed by atoms with Gasteiger partial charge in [0.1, 0.15) is 24.3 Å². The third-order valence-corrected chi connectivity index (χ3v) is 3.90. The molecule has 128 valence electrons. The van der Waals surface area contributed by atoms with Crippen LogP contribution >= 0.6 is 0 Å². The largest absolute Gasteiger partial charge is 0.463 e. The van der Waals surface area contributed by atoms with Crippen LogP contribution in [0.4, 0.5) is 0 Å². The van der Waals surface area contributed by atoms with Gasteiger partial charge in [0, 0.05) is 35.8 Å². The predicted octanol–water partition coefficient (Wildman–Crippen LogP) is 0.648. The lowest BCUT2D eigenvalue weighted by Crippen LogP contribution is -2.24. The van der Waals surface area contributed by atoms with Crippen molar-refractivity contribution in [2.45, 2.75) is 31.8 Å². The molecule has 1 aliphatic rings. The number of rotatable bonds is 5. The summed E-state index contributed by atoms with van der Waals surface area (Å²) in [4.78, 5) is 19.8. The fraction of sp³-hybridized carbons (Fsp3) is 0.438.